The van der Waals surface area contributed by atoms with Crippen LogP contribution in [0.3, 0.4) is 0 Å². The molecule has 0 aliphatic heterocycles. The van der Waals surface area contributed by atoms with Crippen molar-refractivity contribution >= 4 is 33.1 Å². The predicted octanol–water partition coefficient (Wildman–Crippen LogP) is 2.46. The first kappa shape index (κ1) is 10.4. The Bertz CT molecular complexity index is 426. The zero-order valence-corrected chi connectivity index (χ0v) is 10.1. The number of nitrogens with two attached hydrogens (primary N) is 1. The van der Waals surface area contributed by atoms with Gasteiger partial charge >= 0.3 is 6.01 Å². The molecule has 0 saturated carbocycles. The molecule has 0 aliphatic rings. The van der Waals surface area contributed by atoms with E-state index in [2.05, 4.69) is 25.9 Å². The zero-order valence-electron chi connectivity index (χ0n) is 7.68. The molecule has 2 heterocycles. The van der Waals surface area contributed by atoms with Crippen LogP contribution in [-0.4, -0.2) is 9.97 Å². The lowest BCUT2D eigenvalue weighted by molar-refractivity contribution is 0.284. The lowest BCUT2D eigenvalue weighted by Gasteiger charge is -2.03. The van der Waals surface area contributed by atoms with Crippen LogP contribution in [0.25, 0.3) is 0 Å². The molecule has 0 fully saturated rings. The van der Waals surface area contributed by atoms with E-state index in [4.69, 9.17) is 10.5 Å². The van der Waals surface area contributed by atoms with E-state index in [1.165, 1.54) is 0 Å². The molecule has 0 aliphatic carbocycles. The van der Waals surface area contributed by atoms with Crippen molar-refractivity contribution in [2.45, 2.75) is 6.61 Å². The molecule has 2 N–H and O–H groups in total. The topological polar surface area (TPSA) is 61.0 Å². The van der Waals surface area contributed by atoms with E-state index in [1.807, 2.05) is 17.5 Å². The number of hydrogen-bond donors (Lipinski definition) is 1. The van der Waals surface area contributed by atoms with Crippen LogP contribution in [0.4, 0.5) is 5.82 Å². The zero-order chi connectivity index (χ0) is 10.7. The van der Waals surface area contributed by atoms with Crippen LogP contribution in [-0.2, 0) is 6.61 Å². The molecule has 2 rings (SSSR count). The van der Waals surface area contributed by atoms with E-state index in [9.17, 15) is 0 Å². The molecule has 4 nitrogen and oxygen atoms in total. The van der Waals surface area contributed by atoms with E-state index in [-0.39, 0.29) is 6.01 Å². The number of ether oxygens (including phenoxy) is 1. The maximum Gasteiger partial charge on any atom is 0.319 e. The van der Waals surface area contributed by atoms with Crippen molar-refractivity contribution in [1.29, 1.82) is 0 Å². The summed E-state index contributed by atoms with van der Waals surface area (Å²) in [6.07, 6.45) is 0. The minimum absolute atomic E-state index is 0.287. The fourth-order valence-corrected chi connectivity index (χ4v) is 2.01. The van der Waals surface area contributed by atoms with Gasteiger partial charge in [-0.3, -0.25) is 0 Å². The van der Waals surface area contributed by atoms with Crippen molar-refractivity contribution in [2.75, 3.05) is 5.73 Å². The lowest BCUT2D eigenvalue weighted by Crippen LogP contribution is -2.00. The number of thiophene rings is 1. The van der Waals surface area contributed by atoms with Crippen LogP contribution >= 0.6 is 27.3 Å². The van der Waals surface area contributed by atoms with Gasteiger partial charge in [-0.25, -0.2) is 0 Å². The Hall–Kier alpha value is -1.14. The molecule has 0 radical (unpaired) electrons. The Kier molecular flexibility index (Phi) is 3.17. The van der Waals surface area contributed by atoms with E-state index in [0.29, 0.717) is 17.0 Å². The van der Waals surface area contributed by atoms with Gasteiger partial charge in [0, 0.05) is 10.9 Å². The molecule has 0 spiro atoms. The second-order valence-corrected chi connectivity index (χ2v) is 4.61. The third kappa shape index (κ3) is 2.90. The molecule has 6 heteroatoms. The molecular formula is C9H8BrN3OS. The third-order valence-corrected chi connectivity index (χ3v) is 2.87. The molecule has 0 atom stereocenters. The van der Waals surface area contributed by atoms with Crippen LogP contribution in [0.15, 0.2) is 28.2 Å². The average Bonchev–Trinajstić information content (AvgIpc) is 2.65. The first-order valence-electron chi connectivity index (χ1n) is 4.19. The minimum Gasteiger partial charge on any atom is -0.458 e. The van der Waals surface area contributed by atoms with Crippen LogP contribution < -0.4 is 10.5 Å². The first-order chi connectivity index (χ1) is 7.24. The maximum atomic E-state index is 5.55. The second kappa shape index (κ2) is 4.59. The number of halogens is 1. The molecule has 0 unspecified atom stereocenters. The summed E-state index contributed by atoms with van der Waals surface area (Å²) in [5.74, 6) is 0.387. The summed E-state index contributed by atoms with van der Waals surface area (Å²) in [5, 5.41) is 1.99. The fourth-order valence-electron chi connectivity index (χ4n) is 1.01. The van der Waals surface area contributed by atoms with Crippen molar-refractivity contribution in [1.82, 2.24) is 9.97 Å². The first-order valence-corrected chi connectivity index (χ1v) is 5.86. The van der Waals surface area contributed by atoms with Crippen molar-refractivity contribution in [3.63, 3.8) is 0 Å². The highest BCUT2D eigenvalue weighted by Gasteiger charge is 2.02. The van der Waals surface area contributed by atoms with Gasteiger partial charge in [-0.1, -0.05) is 6.07 Å². The van der Waals surface area contributed by atoms with Crippen LogP contribution in [0.1, 0.15) is 4.88 Å². The van der Waals surface area contributed by atoms with Crippen molar-refractivity contribution in [2.24, 2.45) is 0 Å². The number of rotatable bonds is 3. The molecule has 0 amide bonds. The highest BCUT2D eigenvalue weighted by Crippen LogP contribution is 2.16. The minimum atomic E-state index is 0.287. The Labute approximate surface area is 99.3 Å². The van der Waals surface area contributed by atoms with Crippen LogP contribution in [0.2, 0.25) is 0 Å². The normalized spacial score (nSPS) is 10.2. The Morgan fingerprint density at radius 2 is 2.33 bits per heavy atom. The summed E-state index contributed by atoms with van der Waals surface area (Å²) in [4.78, 5) is 9.12. The maximum absolute atomic E-state index is 5.55. The standard InChI is InChI=1S/C9H8BrN3OS/c10-7-4-8(11)13-9(12-7)14-5-6-2-1-3-15-6/h1-4H,5H2,(H2,11,12,13). The number of aromatic nitrogens is 2. The summed E-state index contributed by atoms with van der Waals surface area (Å²) in [6.45, 7) is 0.466. The molecule has 0 aromatic carbocycles. The number of anilines is 1. The van der Waals surface area contributed by atoms with Gasteiger partial charge in [-0.2, -0.15) is 9.97 Å². The van der Waals surface area contributed by atoms with Gasteiger partial charge in [0.15, 0.2) is 0 Å². The van der Waals surface area contributed by atoms with Gasteiger partial charge in [-0.05, 0) is 27.4 Å². The highest BCUT2D eigenvalue weighted by molar-refractivity contribution is 9.10. The number of hydrogen-bond acceptors (Lipinski definition) is 5. The monoisotopic (exact) mass is 285 g/mol. The summed E-state index contributed by atoms with van der Waals surface area (Å²) in [7, 11) is 0. The van der Waals surface area contributed by atoms with Crippen molar-refractivity contribution < 1.29 is 4.74 Å². The van der Waals surface area contributed by atoms with Gasteiger partial charge < -0.3 is 10.5 Å². The highest BCUT2D eigenvalue weighted by atomic mass is 79.9. The van der Waals surface area contributed by atoms with Gasteiger partial charge in [-0.15, -0.1) is 11.3 Å². The Balaban J connectivity index is 2.05. The van der Waals surface area contributed by atoms with Crippen LogP contribution in [0.5, 0.6) is 6.01 Å². The molecule has 78 valence electrons. The Morgan fingerprint density at radius 1 is 1.47 bits per heavy atom. The Morgan fingerprint density at radius 3 is 3.00 bits per heavy atom. The average molecular weight is 286 g/mol. The quantitative estimate of drug-likeness (QED) is 0.880. The fraction of sp³-hybridized carbons (Fsp3) is 0.111. The second-order valence-electron chi connectivity index (χ2n) is 2.77. The molecule has 0 saturated heterocycles. The summed E-state index contributed by atoms with van der Waals surface area (Å²) in [5.41, 5.74) is 5.55. The smallest absolute Gasteiger partial charge is 0.319 e. The summed E-state index contributed by atoms with van der Waals surface area (Å²) < 4.78 is 6.01. The van der Waals surface area contributed by atoms with Crippen LogP contribution in [0, 0.1) is 0 Å². The summed E-state index contributed by atoms with van der Waals surface area (Å²) >= 11 is 4.85. The predicted molar refractivity (Wildman–Crippen MR) is 62.8 cm³/mol. The van der Waals surface area contributed by atoms with E-state index in [1.54, 1.807) is 17.4 Å². The lowest BCUT2D eigenvalue weighted by atomic mass is 10.5. The SMILES string of the molecule is Nc1cc(Br)nc(OCc2cccs2)n1. The number of nitrogen functional groups attached to an aromatic ring is 1. The number of nitrogens with zero attached hydrogens (tertiary/aromatic N) is 2. The molecule has 15 heavy (non-hydrogen) atoms. The third-order valence-electron chi connectivity index (χ3n) is 1.62. The molecule has 2 aromatic heterocycles. The molecular weight excluding hydrogens is 278 g/mol. The van der Waals surface area contributed by atoms with Gasteiger partial charge in [0.05, 0.1) is 0 Å². The van der Waals surface area contributed by atoms with E-state index in [0.717, 1.165) is 4.88 Å². The van der Waals surface area contributed by atoms with Gasteiger partial charge in [0.25, 0.3) is 0 Å². The van der Waals surface area contributed by atoms with E-state index >= 15 is 0 Å². The van der Waals surface area contributed by atoms with Gasteiger partial charge in [0.2, 0.25) is 0 Å². The molecule has 0 bridgehead atoms. The van der Waals surface area contributed by atoms with E-state index < -0.39 is 0 Å². The molecule has 2 aromatic rings. The van der Waals surface area contributed by atoms with Gasteiger partial charge in [0.1, 0.15) is 17.0 Å². The largest absolute Gasteiger partial charge is 0.458 e. The van der Waals surface area contributed by atoms with Crippen molar-refractivity contribution in [3.05, 3.63) is 33.1 Å². The van der Waals surface area contributed by atoms with Crippen molar-refractivity contribution in [3.8, 4) is 6.01 Å². The summed E-state index contributed by atoms with van der Waals surface area (Å²) in [6, 6.07) is 5.87.